The minimum atomic E-state index is -4.22. The molecule has 0 bridgehead atoms. The molecule has 174 valence electrons. The summed E-state index contributed by atoms with van der Waals surface area (Å²) in [7, 11) is -4.22. The van der Waals surface area contributed by atoms with Crippen molar-refractivity contribution >= 4 is 33.1 Å². The Balaban J connectivity index is 1.54. The monoisotopic (exact) mass is 486 g/mol. The first-order valence-electron chi connectivity index (χ1n) is 10.6. The van der Waals surface area contributed by atoms with E-state index in [1.54, 1.807) is 35.7 Å². The number of pyridine rings is 2. The zero-order chi connectivity index (χ0) is 23.6. The van der Waals surface area contributed by atoms with Gasteiger partial charge in [0, 0.05) is 29.9 Å². The van der Waals surface area contributed by atoms with Gasteiger partial charge >= 0.3 is 0 Å². The van der Waals surface area contributed by atoms with Crippen LogP contribution in [0.1, 0.15) is 43.1 Å². The largest absolute Gasteiger partial charge is 0.473 e. The third-order valence-corrected chi connectivity index (χ3v) is 7.49. The Morgan fingerprint density at radius 2 is 2.09 bits per heavy atom. The van der Waals surface area contributed by atoms with Crippen molar-refractivity contribution in [2.24, 2.45) is 5.92 Å². The maximum atomic E-state index is 13.1. The second kappa shape index (κ2) is 9.11. The van der Waals surface area contributed by atoms with Crippen LogP contribution in [0.3, 0.4) is 0 Å². The van der Waals surface area contributed by atoms with Crippen molar-refractivity contribution in [3.05, 3.63) is 64.5 Å². The van der Waals surface area contributed by atoms with Gasteiger partial charge in [-0.2, -0.15) is 24.7 Å². The summed E-state index contributed by atoms with van der Waals surface area (Å²) in [6, 6.07) is 9.54. The number of carbonyl (C=O) groups is 1. The van der Waals surface area contributed by atoms with E-state index in [9.17, 15) is 13.2 Å². The van der Waals surface area contributed by atoms with E-state index in [2.05, 4.69) is 40.4 Å². The van der Waals surface area contributed by atoms with Gasteiger partial charge in [-0.1, -0.05) is 13.0 Å². The predicted molar refractivity (Wildman–Crippen MR) is 127 cm³/mol. The molecule has 0 aliphatic carbocycles. The van der Waals surface area contributed by atoms with Gasteiger partial charge in [-0.15, -0.1) is 0 Å². The fraction of sp³-hybridized carbons (Fsp3) is 0.348. The first-order valence-corrected chi connectivity index (χ1v) is 13.0. The lowest BCUT2D eigenvalue weighted by Gasteiger charge is -2.33. The van der Waals surface area contributed by atoms with Gasteiger partial charge < -0.3 is 9.64 Å². The van der Waals surface area contributed by atoms with E-state index in [1.807, 2.05) is 16.8 Å². The second-order valence-electron chi connectivity index (χ2n) is 8.78. The summed E-state index contributed by atoms with van der Waals surface area (Å²) in [5.41, 5.74) is 0.969. The van der Waals surface area contributed by atoms with Gasteiger partial charge in [0.15, 0.2) is 5.03 Å². The minimum Gasteiger partial charge on any atom is -0.473 e. The number of aromatic nitrogens is 2. The Labute approximate surface area is 197 Å². The maximum Gasteiger partial charge on any atom is 0.281 e. The summed E-state index contributed by atoms with van der Waals surface area (Å²) in [5.74, 6) is 0.314. The number of nitrogens with one attached hydrogen (secondary N) is 1. The molecule has 0 spiro atoms. The molecule has 4 rings (SSSR count). The molecule has 1 aliphatic rings. The highest BCUT2D eigenvalue weighted by Gasteiger charge is 2.39. The molecule has 4 heterocycles. The molecule has 3 aromatic heterocycles. The van der Waals surface area contributed by atoms with Crippen LogP contribution in [0.5, 0.6) is 5.88 Å². The van der Waals surface area contributed by atoms with Gasteiger partial charge in [0.2, 0.25) is 5.88 Å². The van der Waals surface area contributed by atoms with E-state index in [-0.39, 0.29) is 28.6 Å². The van der Waals surface area contributed by atoms with Crippen LogP contribution in [0.2, 0.25) is 0 Å². The number of sulfonamides is 1. The average Bonchev–Trinajstić information content (AvgIpc) is 3.38. The van der Waals surface area contributed by atoms with E-state index in [1.165, 1.54) is 12.1 Å². The fourth-order valence-electron chi connectivity index (χ4n) is 4.14. The first-order chi connectivity index (χ1) is 15.7. The molecular weight excluding hydrogens is 460 g/mol. The molecule has 33 heavy (non-hydrogen) atoms. The molecule has 3 aromatic rings. The van der Waals surface area contributed by atoms with Crippen molar-refractivity contribution in [2.45, 2.75) is 44.4 Å². The average molecular weight is 487 g/mol. The molecule has 1 atom stereocenters. The van der Waals surface area contributed by atoms with Crippen LogP contribution < -0.4 is 14.4 Å². The number of nitrogens with zero attached hydrogens (tertiary/aromatic N) is 3. The molecule has 0 aromatic carbocycles. The quantitative estimate of drug-likeness (QED) is 0.541. The summed E-state index contributed by atoms with van der Waals surface area (Å²) in [6.45, 7) is 7.34. The van der Waals surface area contributed by atoms with Crippen molar-refractivity contribution in [2.75, 3.05) is 11.4 Å². The van der Waals surface area contributed by atoms with Crippen LogP contribution >= 0.6 is 11.3 Å². The van der Waals surface area contributed by atoms with Gasteiger partial charge in [0.05, 0.1) is 5.56 Å². The number of ether oxygens (including phenoxy) is 1. The molecule has 1 unspecified atom stereocenters. The first kappa shape index (κ1) is 23.2. The minimum absolute atomic E-state index is 0.159. The van der Waals surface area contributed by atoms with Gasteiger partial charge in [0.25, 0.3) is 15.9 Å². The van der Waals surface area contributed by atoms with Gasteiger partial charge in [0.1, 0.15) is 12.4 Å². The van der Waals surface area contributed by atoms with E-state index in [4.69, 9.17) is 4.74 Å². The van der Waals surface area contributed by atoms with Crippen molar-refractivity contribution in [3.63, 3.8) is 0 Å². The number of hydrogen-bond donors (Lipinski definition) is 1. The highest BCUT2D eigenvalue weighted by atomic mass is 32.2. The molecule has 10 heteroatoms. The number of rotatable bonds is 7. The van der Waals surface area contributed by atoms with Crippen LogP contribution in [-0.4, -0.2) is 36.4 Å². The Kier molecular flexibility index (Phi) is 6.40. The zero-order valence-electron chi connectivity index (χ0n) is 18.7. The highest BCUT2D eigenvalue weighted by Crippen LogP contribution is 2.37. The van der Waals surface area contributed by atoms with Gasteiger partial charge in [-0.3, -0.25) is 4.79 Å². The standard InChI is InChI=1S/C23H26N4O4S2/c1-16-12-23(2,3)27(13-16)21-18(6-5-10-24-21)22(28)26-33(29,30)20-8-4-7-19(25-20)31-14-17-9-11-32-15-17/h4-11,15-16H,12-14H2,1-3H3,(H,26,28). The lowest BCUT2D eigenvalue weighted by Crippen LogP contribution is -2.41. The lowest BCUT2D eigenvalue weighted by molar-refractivity contribution is 0.0981. The third-order valence-electron chi connectivity index (χ3n) is 5.53. The van der Waals surface area contributed by atoms with Crippen molar-refractivity contribution < 1.29 is 17.9 Å². The fourth-order valence-corrected chi connectivity index (χ4v) is 5.72. The molecule has 8 nitrogen and oxygen atoms in total. The SMILES string of the molecule is CC1CN(c2ncccc2C(=O)NS(=O)(=O)c2cccc(OCc3ccsc3)n2)C(C)(C)C1. The lowest BCUT2D eigenvalue weighted by atomic mass is 9.97. The molecule has 1 saturated heterocycles. The summed E-state index contributed by atoms with van der Waals surface area (Å²) < 4.78 is 33.6. The van der Waals surface area contributed by atoms with Crippen LogP contribution in [0.25, 0.3) is 0 Å². The van der Waals surface area contributed by atoms with E-state index < -0.39 is 15.9 Å². The molecular formula is C23H26N4O4S2. The molecule has 1 N–H and O–H groups in total. The number of amides is 1. The Hall–Kier alpha value is -2.98. The summed E-state index contributed by atoms with van der Waals surface area (Å²) in [5, 5.41) is 3.58. The Bertz CT molecular complexity index is 1240. The summed E-state index contributed by atoms with van der Waals surface area (Å²) >= 11 is 1.54. The van der Waals surface area contributed by atoms with Crippen LogP contribution in [0, 0.1) is 5.92 Å². The molecule has 0 saturated carbocycles. The summed E-state index contributed by atoms with van der Waals surface area (Å²) in [6.07, 6.45) is 2.56. The molecule has 0 radical (unpaired) electrons. The molecule has 1 fully saturated rings. The zero-order valence-corrected chi connectivity index (χ0v) is 20.3. The van der Waals surface area contributed by atoms with Gasteiger partial charge in [-0.05, 0) is 61.2 Å². The second-order valence-corrected chi connectivity index (χ2v) is 11.2. The molecule has 1 aliphatic heterocycles. The number of anilines is 1. The van der Waals surface area contributed by atoms with E-state index in [0.717, 1.165) is 18.5 Å². The highest BCUT2D eigenvalue weighted by molar-refractivity contribution is 7.90. The van der Waals surface area contributed by atoms with E-state index >= 15 is 0 Å². The van der Waals surface area contributed by atoms with Crippen LogP contribution in [0.15, 0.2) is 58.4 Å². The predicted octanol–water partition coefficient (Wildman–Crippen LogP) is 3.86. The van der Waals surface area contributed by atoms with Crippen LogP contribution in [0.4, 0.5) is 5.82 Å². The Morgan fingerprint density at radius 3 is 2.79 bits per heavy atom. The third kappa shape index (κ3) is 5.17. The van der Waals surface area contributed by atoms with Crippen molar-refractivity contribution in [1.29, 1.82) is 0 Å². The Morgan fingerprint density at radius 1 is 1.27 bits per heavy atom. The maximum absolute atomic E-state index is 13.1. The number of carbonyl (C=O) groups excluding carboxylic acids is 1. The number of thiophene rings is 1. The number of hydrogen-bond acceptors (Lipinski definition) is 8. The van der Waals surface area contributed by atoms with Gasteiger partial charge in [-0.25, -0.2) is 9.71 Å². The van der Waals surface area contributed by atoms with Crippen molar-refractivity contribution in [3.8, 4) is 5.88 Å². The van der Waals surface area contributed by atoms with E-state index in [0.29, 0.717) is 11.7 Å². The topological polar surface area (TPSA) is 101 Å². The smallest absolute Gasteiger partial charge is 0.281 e. The molecule has 1 amide bonds. The summed E-state index contributed by atoms with van der Waals surface area (Å²) in [4.78, 5) is 23.6. The normalized spacial score (nSPS) is 17.7. The van der Waals surface area contributed by atoms with Crippen LogP contribution in [-0.2, 0) is 16.6 Å². The van der Waals surface area contributed by atoms with Crippen molar-refractivity contribution in [1.82, 2.24) is 14.7 Å².